The number of esters is 2. The summed E-state index contributed by atoms with van der Waals surface area (Å²) in [6.07, 6.45) is 17.8. The van der Waals surface area contributed by atoms with Crippen molar-refractivity contribution in [1.29, 1.82) is 0 Å². The minimum Gasteiger partial charge on any atom is -0.465 e. The fourth-order valence-corrected chi connectivity index (χ4v) is 17.0. The number of nitrogens with one attached hydrogen (secondary N) is 1. The highest BCUT2D eigenvalue weighted by Crippen LogP contribution is 2.76. The van der Waals surface area contributed by atoms with Gasteiger partial charge in [-0.2, -0.15) is 0 Å². The average Bonchev–Trinajstić information content (AvgIpc) is 3.61. The molecule has 0 amide bonds. The predicted molar refractivity (Wildman–Crippen MR) is 244 cm³/mol. The molecule has 7 aliphatic rings. The smallest absolute Gasteiger partial charge is 0.338 e. The molecule has 6 aliphatic carbocycles. The van der Waals surface area contributed by atoms with Crippen LogP contribution in [-0.4, -0.2) is 81.7 Å². The molecule has 1 aromatic rings. The molecule has 5 fully saturated rings. The van der Waals surface area contributed by atoms with Crippen molar-refractivity contribution in [3.63, 3.8) is 0 Å². The van der Waals surface area contributed by atoms with Crippen molar-refractivity contribution in [3.05, 3.63) is 71.3 Å². The van der Waals surface area contributed by atoms with E-state index in [0.717, 1.165) is 25.9 Å². The highest BCUT2D eigenvalue weighted by atomic mass is 32.2. The lowest BCUT2D eigenvalue weighted by Crippen LogP contribution is -2.68. The second-order valence-electron chi connectivity index (χ2n) is 22.2. The lowest BCUT2D eigenvalue weighted by molar-refractivity contribution is -0.221. The molecule has 1 saturated heterocycles. The number of ether oxygens (including phenoxy) is 2. The van der Waals surface area contributed by atoms with E-state index in [9.17, 15) is 18.0 Å². The summed E-state index contributed by atoms with van der Waals surface area (Å²) in [6.45, 7) is 25.3. The molecule has 336 valence electrons. The second kappa shape index (κ2) is 16.4. The molecular formula is C52H76N2O6S. The fourth-order valence-electron chi connectivity index (χ4n) is 15.7. The van der Waals surface area contributed by atoms with Crippen LogP contribution in [0.5, 0.6) is 0 Å². The van der Waals surface area contributed by atoms with Gasteiger partial charge in [0.2, 0.25) is 0 Å². The first-order chi connectivity index (χ1) is 28.8. The lowest BCUT2D eigenvalue weighted by atomic mass is 9.33. The first kappa shape index (κ1) is 44.8. The summed E-state index contributed by atoms with van der Waals surface area (Å²) in [5.41, 5.74) is 4.60. The summed E-state index contributed by atoms with van der Waals surface area (Å²) in [5, 5.41) is 4.23. The van der Waals surface area contributed by atoms with Crippen LogP contribution in [0.3, 0.4) is 0 Å². The number of carbonyl (C=O) groups excluding carboxylic acids is 2. The van der Waals surface area contributed by atoms with Gasteiger partial charge in [0.25, 0.3) is 0 Å². The van der Waals surface area contributed by atoms with Gasteiger partial charge in [0.05, 0.1) is 23.7 Å². The Hall–Kier alpha value is -2.75. The third-order valence-electron chi connectivity index (χ3n) is 19.1. The van der Waals surface area contributed by atoms with E-state index < -0.39 is 21.2 Å². The van der Waals surface area contributed by atoms with Crippen molar-refractivity contribution in [2.75, 3.05) is 50.9 Å². The van der Waals surface area contributed by atoms with Crippen molar-refractivity contribution in [1.82, 2.24) is 10.2 Å². The minimum absolute atomic E-state index is 0.0116. The molecule has 10 atom stereocenters. The Kier molecular flexibility index (Phi) is 12.0. The van der Waals surface area contributed by atoms with E-state index in [1.807, 2.05) is 25.1 Å². The molecule has 3 unspecified atom stereocenters. The zero-order valence-electron chi connectivity index (χ0n) is 38.6. The molecule has 0 bridgehead atoms. The molecule has 8 rings (SSSR count). The molecule has 4 saturated carbocycles. The highest BCUT2D eigenvalue weighted by molar-refractivity contribution is 7.91. The number of nitrogens with zero attached hydrogens (tertiary/aromatic N) is 1. The average molecular weight is 857 g/mol. The fraction of sp³-hybridized carbons (Fsp3) is 0.731. The molecule has 9 heteroatoms. The van der Waals surface area contributed by atoms with Gasteiger partial charge in [0.1, 0.15) is 12.0 Å². The number of hydrogen-bond donors (Lipinski definition) is 1. The third-order valence-corrected chi connectivity index (χ3v) is 20.8. The maximum atomic E-state index is 13.6. The van der Waals surface area contributed by atoms with Crippen LogP contribution in [0.25, 0.3) is 0 Å². The Labute approximate surface area is 368 Å². The van der Waals surface area contributed by atoms with E-state index in [4.69, 9.17) is 9.47 Å². The SMILES string of the molecule is C=C(C)[C@@H]1CC[C@]2(NCCN3CCS(=O)(=O)CC3)CC[C@]3(C)[C@H](CCC4[C@@]5(C)CC=C(C6=CC[C@](COC(=O)c7ccccc7)(C(=O)OCC)CC6)C(C)(C)C5CC[C@]43C)C12. The summed E-state index contributed by atoms with van der Waals surface area (Å²) in [7, 11) is -2.88. The molecule has 0 radical (unpaired) electrons. The van der Waals surface area contributed by atoms with Crippen LogP contribution >= 0.6 is 0 Å². The van der Waals surface area contributed by atoms with Crippen LogP contribution in [0.15, 0.2) is 65.8 Å². The normalized spacial score (nSPS) is 40.2. The van der Waals surface area contributed by atoms with Gasteiger partial charge < -0.3 is 19.7 Å². The molecule has 1 aromatic carbocycles. The third kappa shape index (κ3) is 7.54. The van der Waals surface area contributed by atoms with Gasteiger partial charge in [-0.3, -0.25) is 4.79 Å². The summed E-state index contributed by atoms with van der Waals surface area (Å²) in [4.78, 5) is 28.9. The summed E-state index contributed by atoms with van der Waals surface area (Å²) < 4.78 is 35.7. The second-order valence-corrected chi connectivity index (χ2v) is 24.5. The Balaban J connectivity index is 1.01. The van der Waals surface area contributed by atoms with Crippen LogP contribution < -0.4 is 5.32 Å². The van der Waals surface area contributed by atoms with E-state index in [2.05, 4.69) is 70.5 Å². The van der Waals surface area contributed by atoms with Gasteiger partial charge in [-0.05, 0) is 165 Å². The zero-order chi connectivity index (χ0) is 43.6. The number of carbonyl (C=O) groups is 2. The van der Waals surface area contributed by atoms with Crippen LogP contribution in [0, 0.1) is 56.7 Å². The first-order valence-electron chi connectivity index (χ1n) is 24.0. The molecule has 61 heavy (non-hydrogen) atoms. The van der Waals surface area contributed by atoms with E-state index in [0.29, 0.717) is 67.7 Å². The quantitative estimate of drug-likeness (QED) is 0.174. The molecule has 1 aliphatic heterocycles. The Bertz CT molecular complexity index is 2030. The van der Waals surface area contributed by atoms with Gasteiger partial charge in [-0.25, -0.2) is 13.2 Å². The molecule has 0 spiro atoms. The van der Waals surface area contributed by atoms with Crippen LogP contribution in [0.2, 0.25) is 0 Å². The molecular weight excluding hydrogens is 781 g/mol. The number of allylic oxidation sites excluding steroid dienone is 5. The standard InChI is InChI=1S/C52H76N2O6S/c1-9-59-46(56)51(35-60-45(55)38-13-11-10-12-14-38)24-17-37(18-25-51)40-20-22-48(6)42(47(40,4)5)21-23-50(8)43(48)16-15-41-44-39(36(2)3)19-26-52(44,28-27-49(41,50)7)53-29-30-54-31-33-61(57,58)34-32-54/h10-14,17,20,39,41-44,53H,2,9,15-16,18-19,21-35H2,1,3-8H3/t39-,41+,42?,43?,44?,48-,49+,50+,51-,52-/m0/s1. The predicted octanol–water partition coefficient (Wildman–Crippen LogP) is 9.77. The summed E-state index contributed by atoms with van der Waals surface area (Å²) in [6, 6.07) is 9.01. The van der Waals surface area contributed by atoms with Crippen molar-refractivity contribution < 1.29 is 27.5 Å². The van der Waals surface area contributed by atoms with Crippen LogP contribution in [0.4, 0.5) is 0 Å². The molecule has 1 heterocycles. The maximum absolute atomic E-state index is 13.6. The van der Waals surface area contributed by atoms with Crippen LogP contribution in [0.1, 0.15) is 136 Å². The number of hydrogen-bond acceptors (Lipinski definition) is 8. The Morgan fingerprint density at radius 1 is 0.852 bits per heavy atom. The number of rotatable bonds is 11. The van der Waals surface area contributed by atoms with E-state index in [1.165, 1.54) is 68.1 Å². The van der Waals surface area contributed by atoms with Crippen LogP contribution in [-0.2, 0) is 24.1 Å². The monoisotopic (exact) mass is 857 g/mol. The van der Waals surface area contributed by atoms with Crippen molar-refractivity contribution >= 4 is 21.8 Å². The van der Waals surface area contributed by atoms with E-state index >= 15 is 0 Å². The maximum Gasteiger partial charge on any atom is 0.338 e. The number of fused-ring (bicyclic) bond motifs is 7. The zero-order valence-corrected chi connectivity index (χ0v) is 39.4. The topological polar surface area (TPSA) is 102 Å². The van der Waals surface area contributed by atoms with Gasteiger partial charge in [0, 0.05) is 31.7 Å². The number of sulfone groups is 1. The number of benzene rings is 1. The van der Waals surface area contributed by atoms with E-state index in [-0.39, 0.29) is 51.3 Å². The minimum atomic E-state index is -2.88. The lowest BCUT2D eigenvalue weighted by Gasteiger charge is -2.72. The Morgan fingerprint density at radius 3 is 2.26 bits per heavy atom. The van der Waals surface area contributed by atoms with Crippen molar-refractivity contribution in [3.8, 4) is 0 Å². The van der Waals surface area contributed by atoms with Gasteiger partial charge >= 0.3 is 11.9 Å². The van der Waals surface area contributed by atoms with Gasteiger partial charge in [-0.1, -0.05) is 77.1 Å². The first-order valence-corrected chi connectivity index (χ1v) is 25.8. The Morgan fingerprint density at radius 2 is 1.59 bits per heavy atom. The van der Waals surface area contributed by atoms with Gasteiger partial charge in [0.15, 0.2) is 9.84 Å². The molecule has 0 aromatic heterocycles. The van der Waals surface area contributed by atoms with Gasteiger partial charge in [-0.15, -0.1) is 0 Å². The molecule has 1 N–H and O–H groups in total. The van der Waals surface area contributed by atoms with Crippen molar-refractivity contribution in [2.45, 2.75) is 131 Å². The van der Waals surface area contributed by atoms with Crippen molar-refractivity contribution in [2.24, 2.45) is 56.7 Å². The summed E-state index contributed by atoms with van der Waals surface area (Å²) >= 11 is 0. The van der Waals surface area contributed by atoms with E-state index in [1.54, 1.807) is 12.1 Å². The molecule has 8 nitrogen and oxygen atoms in total. The summed E-state index contributed by atoms with van der Waals surface area (Å²) in [5.74, 6) is 2.90. The highest BCUT2D eigenvalue weighted by Gasteiger charge is 2.70. The largest absolute Gasteiger partial charge is 0.465 e.